The number of nitrogens with zero attached hydrogens (tertiary/aromatic N) is 6. The Labute approximate surface area is 207 Å². The summed E-state index contributed by atoms with van der Waals surface area (Å²) in [6.07, 6.45) is 9.01. The van der Waals surface area contributed by atoms with E-state index < -0.39 is 0 Å². The zero-order valence-corrected chi connectivity index (χ0v) is 21.2. The second kappa shape index (κ2) is 12.0. The average Bonchev–Trinajstić information content (AvgIpc) is 2.87. The van der Waals surface area contributed by atoms with Crippen molar-refractivity contribution in [3.05, 3.63) is 70.1 Å². The molecular formula is C27H35N7O. The Bertz CT molecular complexity index is 1310. The van der Waals surface area contributed by atoms with Gasteiger partial charge in [-0.15, -0.1) is 5.92 Å². The molecule has 1 aliphatic heterocycles. The molecular weight excluding hydrogens is 438 g/mol. The molecule has 0 bridgehead atoms. The SMILES string of the molecule is C=CC=c1c(Cn2cnc(N(C)C)c(N(CC#CC)C(=C)N3CCNCC3)c2=O)nccc1=CC. The zero-order valence-electron chi connectivity index (χ0n) is 21.2. The van der Waals surface area contributed by atoms with Crippen LogP contribution in [0.2, 0.25) is 0 Å². The Kier molecular flexibility index (Phi) is 8.87. The van der Waals surface area contributed by atoms with Gasteiger partial charge in [0.1, 0.15) is 12.1 Å². The van der Waals surface area contributed by atoms with Crippen LogP contribution in [0.1, 0.15) is 19.5 Å². The number of nitrogens with one attached hydrogen (secondary N) is 1. The number of allylic oxidation sites excluding steroid dienone is 1. The van der Waals surface area contributed by atoms with Gasteiger partial charge in [-0.25, -0.2) is 4.98 Å². The summed E-state index contributed by atoms with van der Waals surface area (Å²) in [4.78, 5) is 29.1. The fourth-order valence-electron chi connectivity index (χ4n) is 4.08. The Morgan fingerprint density at radius 1 is 1.29 bits per heavy atom. The molecule has 1 saturated heterocycles. The second-order valence-electron chi connectivity index (χ2n) is 8.36. The normalized spacial score (nSPS) is 14.3. The lowest BCUT2D eigenvalue weighted by molar-refractivity contribution is 0.293. The lowest BCUT2D eigenvalue weighted by Crippen LogP contribution is -2.48. The van der Waals surface area contributed by atoms with Crippen LogP contribution in [0.3, 0.4) is 0 Å². The number of aromatic nitrogens is 3. The van der Waals surface area contributed by atoms with Gasteiger partial charge in [-0.1, -0.05) is 37.3 Å². The second-order valence-corrected chi connectivity index (χ2v) is 8.36. The van der Waals surface area contributed by atoms with Gasteiger partial charge in [-0.2, -0.15) is 0 Å². The minimum atomic E-state index is -0.171. The number of rotatable bonds is 8. The number of hydrogen-bond donors (Lipinski definition) is 1. The molecule has 1 aliphatic rings. The highest BCUT2D eigenvalue weighted by Crippen LogP contribution is 2.25. The van der Waals surface area contributed by atoms with Gasteiger partial charge in [0.25, 0.3) is 5.56 Å². The van der Waals surface area contributed by atoms with Crippen LogP contribution in [-0.2, 0) is 6.54 Å². The third-order valence-electron chi connectivity index (χ3n) is 5.92. The maximum Gasteiger partial charge on any atom is 0.279 e. The summed E-state index contributed by atoms with van der Waals surface area (Å²) < 4.78 is 1.60. The molecule has 0 saturated carbocycles. The predicted molar refractivity (Wildman–Crippen MR) is 145 cm³/mol. The molecule has 184 valence electrons. The molecule has 0 spiro atoms. The number of piperazine rings is 1. The van der Waals surface area contributed by atoms with Gasteiger partial charge in [0.05, 0.1) is 18.8 Å². The van der Waals surface area contributed by atoms with Gasteiger partial charge in [-0.3, -0.25) is 14.3 Å². The third-order valence-corrected chi connectivity index (χ3v) is 5.92. The van der Waals surface area contributed by atoms with E-state index in [9.17, 15) is 4.79 Å². The van der Waals surface area contributed by atoms with Crippen LogP contribution < -0.4 is 31.1 Å². The van der Waals surface area contributed by atoms with Crippen LogP contribution >= 0.6 is 0 Å². The Morgan fingerprint density at radius 2 is 2.03 bits per heavy atom. The quantitative estimate of drug-likeness (QED) is 0.567. The highest BCUT2D eigenvalue weighted by molar-refractivity contribution is 5.68. The van der Waals surface area contributed by atoms with E-state index in [1.54, 1.807) is 30.1 Å². The van der Waals surface area contributed by atoms with Crippen molar-refractivity contribution >= 4 is 23.7 Å². The van der Waals surface area contributed by atoms with E-state index in [1.165, 1.54) is 0 Å². The van der Waals surface area contributed by atoms with Crippen molar-refractivity contribution in [3.63, 3.8) is 0 Å². The smallest absolute Gasteiger partial charge is 0.279 e. The standard InChI is InChI=1S/C27H35N7O/c1-7-10-16-34(21(4)32-17-14-28-15-18-32)25-26(31(5)6)30-20-33(27(25)35)19-24-23(11-8-2)22(9-3)12-13-29-24/h8-9,11-13,20,28H,2,4,14-19H2,1,3,5-6H3. The summed E-state index contributed by atoms with van der Waals surface area (Å²) in [6, 6.07) is 1.95. The van der Waals surface area contributed by atoms with Gasteiger partial charge in [0.2, 0.25) is 0 Å². The first-order chi connectivity index (χ1) is 16.9. The van der Waals surface area contributed by atoms with Crippen LogP contribution in [0, 0.1) is 11.8 Å². The summed E-state index contributed by atoms with van der Waals surface area (Å²) in [6.45, 7) is 15.9. The van der Waals surface area contributed by atoms with Gasteiger partial charge in [0.15, 0.2) is 11.5 Å². The molecule has 0 unspecified atom stereocenters. The van der Waals surface area contributed by atoms with Crippen molar-refractivity contribution in [1.29, 1.82) is 0 Å². The molecule has 2 aromatic heterocycles. The molecule has 2 aromatic rings. The molecule has 1 fully saturated rings. The van der Waals surface area contributed by atoms with E-state index in [0.29, 0.717) is 18.1 Å². The highest BCUT2D eigenvalue weighted by atomic mass is 16.1. The van der Waals surface area contributed by atoms with E-state index in [2.05, 4.69) is 45.2 Å². The first kappa shape index (κ1) is 25.8. The molecule has 8 nitrogen and oxygen atoms in total. The highest BCUT2D eigenvalue weighted by Gasteiger charge is 2.25. The third kappa shape index (κ3) is 5.81. The fourth-order valence-corrected chi connectivity index (χ4v) is 4.08. The van der Waals surface area contributed by atoms with E-state index in [-0.39, 0.29) is 12.1 Å². The lowest BCUT2D eigenvalue weighted by Gasteiger charge is -2.37. The van der Waals surface area contributed by atoms with Crippen LogP contribution in [-0.4, -0.2) is 66.3 Å². The predicted octanol–water partition coefficient (Wildman–Crippen LogP) is 0.726. The number of hydrogen-bond acceptors (Lipinski definition) is 7. The molecule has 3 rings (SSSR count). The van der Waals surface area contributed by atoms with Crippen LogP contribution in [0.25, 0.3) is 12.2 Å². The molecule has 0 aliphatic carbocycles. The molecule has 0 radical (unpaired) electrons. The topological polar surface area (TPSA) is 69.5 Å². The summed E-state index contributed by atoms with van der Waals surface area (Å²) in [5.41, 5.74) is 1.06. The summed E-state index contributed by atoms with van der Waals surface area (Å²) in [5.74, 6) is 7.38. The van der Waals surface area contributed by atoms with Gasteiger partial charge >= 0.3 is 0 Å². The largest absolute Gasteiger partial charge is 0.361 e. The van der Waals surface area contributed by atoms with E-state index in [0.717, 1.165) is 48.1 Å². The van der Waals surface area contributed by atoms with E-state index in [1.807, 2.05) is 49.0 Å². The van der Waals surface area contributed by atoms with Gasteiger partial charge < -0.3 is 20.0 Å². The van der Waals surface area contributed by atoms with Crippen LogP contribution in [0.5, 0.6) is 0 Å². The molecule has 35 heavy (non-hydrogen) atoms. The molecule has 1 N–H and O–H groups in total. The Morgan fingerprint density at radius 3 is 2.66 bits per heavy atom. The summed E-state index contributed by atoms with van der Waals surface area (Å²) in [7, 11) is 3.76. The van der Waals surface area contributed by atoms with Crippen molar-refractivity contribution in [2.24, 2.45) is 0 Å². The van der Waals surface area contributed by atoms with E-state index in [4.69, 9.17) is 0 Å². The summed E-state index contributed by atoms with van der Waals surface area (Å²) in [5, 5.41) is 5.33. The first-order valence-corrected chi connectivity index (χ1v) is 11.7. The average molecular weight is 474 g/mol. The van der Waals surface area contributed by atoms with Crippen molar-refractivity contribution in [1.82, 2.24) is 24.8 Å². The van der Waals surface area contributed by atoms with Crippen molar-refractivity contribution < 1.29 is 0 Å². The van der Waals surface area contributed by atoms with Crippen molar-refractivity contribution in [2.75, 3.05) is 56.6 Å². The molecule has 0 aromatic carbocycles. The zero-order chi connectivity index (χ0) is 25.4. The van der Waals surface area contributed by atoms with E-state index >= 15 is 0 Å². The van der Waals surface area contributed by atoms with Gasteiger partial charge in [0, 0.05) is 51.7 Å². The molecule has 3 heterocycles. The minimum absolute atomic E-state index is 0.171. The van der Waals surface area contributed by atoms with Crippen LogP contribution in [0.4, 0.5) is 11.5 Å². The molecule has 0 atom stereocenters. The maximum atomic E-state index is 14.0. The minimum Gasteiger partial charge on any atom is -0.361 e. The Hall–Kier alpha value is -3.83. The lowest BCUT2D eigenvalue weighted by atomic mass is 10.2. The number of pyridine rings is 1. The van der Waals surface area contributed by atoms with Crippen molar-refractivity contribution in [2.45, 2.75) is 20.4 Å². The first-order valence-electron chi connectivity index (χ1n) is 11.7. The van der Waals surface area contributed by atoms with Crippen molar-refractivity contribution in [3.8, 4) is 11.8 Å². The van der Waals surface area contributed by atoms with Crippen LogP contribution in [0.15, 0.2) is 48.4 Å². The monoisotopic (exact) mass is 473 g/mol. The molecule has 8 heteroatoms. The van der Waals surface area contributed by atoms with Gasteiger partial charge in [-0.05, 0) is 25.1 Å². The number of anilines is 2. The molecule has 0 amide bonds. The summed E-state index contributed by atoms with van der Waals surface area (Å²) >= 11 is 0. The fraction of sp³-hybridized carbons (Fsp3) is 0.370. The Balaban J connectivity index is 2.16. The maximum absolute atomic E-state index is 14.0.